The van der Waals surface area contributed by atoms with Crippen molar-refractivity contribution >= 4 is 27.5 Å². The van der Waals surface area contributed by atoms with Crippen LogP contribution in [0, 0.1) is 0 Å². The number of phenols is 1. The fraction of sp³-hybridized carbons (Fsp3) is 0.316. The predicted octanol–water partition coefficient (Wildman–Crippen LogP) is 3.27. The zero-order valence-electron chi connectivity index (χ0n) is 14.1. The van der Waals surface area contributed by atoms with Crippen LogP contribution in [0.2, 0.25) is 0 Å². The highest BCUT2D eigenvalue weighted by molar-refractivity contribution is 9.10. The van der Waals surface area contributed by atoms with Gasteiger partial charge >= 0.3 is 0 Å². The average Bonchev–Trinajstić information content (AvgIpc) is 2.63. The van der Waals surface area contributed by atoms with E-state index in [0.29, 0.717) is 18.8 Å². The number of carbonyl (C=O) groups excluding carboxylic acids is 1. The topological polar surface area (TPSA) is 53.0 Å². The summed E-state index contributed by atoms with van der Waals surface area (Å²) in [5.74, 6) is 0.938. The number of hydrogen-bond acceptors (Lipinski definition) is 4. The number of anilines is 1. The summed E-state index contributed by atoms with van der Waals surface area (Å²) in [4.78, 5) is 16.6. The maximum absolute atomic E-state index is 12.6. The van der Waals surface area contributed by atoms with Crippen molar-refractivity contribution in [3.05, 3.63) is 53.0 Å². The Balaban J connectivity index is 1.54. The number of nitrogens with zero attached hydrogens (tertiary/aromatic N) is 2. The van der Waals surface area contributed by atoms with Gasteiger partial charge in [-0.3, -0.25) is 4.79 Å². The zero-order chi connectivity index (χ0) is 17.8. The Morgan fingerprint density at radius 1 is 1.12 bits per heavy atom. The van der Waals surface area contributed by atoms with Crippen LogP contribution in [-0.2, 0) is 4.79 Å². The molecule has 1 saturated heterocycles. The molecule has 1 heterocycles. The van der Waals surface area contributed by atoms with Gasteiger partial charge in [-0.25, -0.2) is 0 Å². The smallest absolute Gasteiger partial charge is 0.263 e. The van der Waals surface area contributed by atoms with E-state index >= 15 is 0 Å². The van der Waals surface area contributed by atoms with Crippen LogP contribution in [0.4, 0.5) is 5.69 Å². The highest BCUT2D eigenvalue weighted by Gasteiger charge is 2.26. The molecule has 1 N–H and O–H groups in total. The molecule has 0 radical (unpaired) electrons. The maximum atomic E-state index is 12.6. The monoisotopic (exact) mass is 404 g/mol. The van der Waals surface area contributed by atoms with Gasteiger partial charge in [0.05, 0.1) is 0 Å². The van der Waals surface area contributed by atoms with Crippen LogP contribution >= 0.6 is 15.9 Å². The number of aromatic hydroxyl groups is 1. The van der Waals surface area contributed by atoms with E-state index in [-0.39, 0.29) is 11.7 Å². The average molecular weight is 405 g/mol. The summed E-state index contributed by atoms with van der Waals surface area (Å²) in [6, 6.07) is 14.7. The van der Waals surface area contributed by atoms with E-state index in [9.17, 15) is 9.90 Å². The molecular weight excluding hydrogens is 384 g/mol. The molecule has 3 rings (SSSR count). The van der Waals surface area contributed by atoms with Gasteiger partial charge in [-0.15, -0.1) is 0 Å². The third-order valence-electron chi connectivity index (χ3n) is 4.26. The first-order valence-electron chi connectivity index (χ1n) is 8.28. The molecule has 0 aliphatic carbocycles. The fourth-order valence-electron chi connectivity index (χ4n) is 2.90. The minimum atomic E-state index is -0.520. The third kappa shape index (κ3) is 4.45. The van der Waals surface area contributed by atoms with Gasteiger partial charge in [-0.2, -0.15) is 0 Å². The van der Waals surface area contributed by atoms with Crippen molar-refractivity contribution in [2.45, 2.75) is 13.0 Å². The molecule has 0 bridgehead atoms. The van der Waals surface area contributed by atoms with E-state index in [0.717, 1.165) is 23.2 Å². The van der Waals surface area contributed by atoms with Crippen LogP contribution in [0.25, 0.3) is 0 Å². The molecule has 1 fully saturated rings. The minimum Gasteiger partial charge on any atom is -0.508 e. The third-order valence-corrected chi connectivity index (χ3v) is 4.79. The maximum Gasteiger partial charge on any atom is 0.263 e. The Labute approximate surface area is 155 Å². The molecule has 132 valence electrons. The van der Waals surface area contributed by atoms with Gasteiger partial charge in [-0.05, 0) is 43.3 Å². The van der Waals surface area contributed by atoms with Gasteiger partial charge in [0, 0.05) is 42.4 Å². The quantitative estimate of drug-likeness (QED) is 0.849. The molecular formula is C19H21BrN2O3. The van der Waals surface area contributed by atoms with Gasteiger partial charge < -0.3 is 19.6 Å². The second-order valence-corrected chi connectivity index (χ2v) is 6.96. The standard InChI is InChI=1S/C19H21BrN2O3/c1-14(25-18-7-5-15(20)6-8-18)19(24)22-11-9-21(10-12-22)16-3-2-4-17(23)13-16/h2-8,13-14,23H,9-12H2,1H3. The normalized spacial score (nSPS) is 15.8. The lowest BCUT2D eigenvalue weighted by atomic mass is 10.2. The van der Waals surface area contributed by atoms with Crippen molar-refractivity contribution < 1.29 is 14.6 Å². The van der Waals surface area contributed by atoms with Gasteiger partial charge in [0.15, 0.2) is 6.10 Å². The summed E-state index contributed by atoms with van der Waals surface area (Å²) in [6.45, 7) is 4.54. The van der Waals surface area contributed by atoms with Gasteiger partial charge in [0.25, 0.3) is 5.91 Å². The Kier molecular flexibility index (Phi) is 5.48. The summed E-state index contributed by atoms with van der Waals surface area (Å²) in [6.07, 6.45) is -0.520. The second kappa shape index (κ2) is 7.78. The van der Waals surface area contributed by atoms with E-state index in [2.05, 4.69) is 20.8 Å². The van der Waals surface area contributed by atoms with E-state index in [4.69, 9.17) is 4.74 Å². The molecule has 5 nitrogen and oxygen atoms in total. The van der Waals surface area contributed by atoms with Crippen molar-refractivity contribution in [3.63, 3.8) is 0 Å². The van der Waals surface area contributed by atoms with Crippen molar-refractivity contribution in [1.29, 1.82) is 0 Å². The molecule has 0 aromatic heterocycles. The number of ether oxygens (including phenoxy) is 1. The number of halogens is 1. The largest absolute Gasteiger partial charge is 0.508 e. The van der Waals surface area contributed by atoms with Crippen molar-refractivity contribution in [2.75, 3.05) is 31.1 Å². The van der Waals surface area contributed by atoms with Gasteiger partial charge in [-0.1, -0.05) is 22.0 Å². The lowest BCUT2D eigenvalue weighted by Crippen LogP contribution is -2.52. The number of rotatable bonds is 4. The van der Waals surface area contributed by atoms with Crippen molar-refractivity contribution in [1.82, 2.24) is 4.90 Å². The molecule has 25 heavy (non-hydrogen) atoms. The van der Waals surface area contributed by atoms with Crippen LogP contribution in [-0.4, -0.2) is 48.2 Å². The summed E-state index contributed by atoms with van der Waals surface area (Å²) < 4.78 is 6.73. The van der Waals surface area contributed by atoms with E-state index in [1.54, 1.807) is 19.1 Å². The number of hydrogen-bond donors (Lipinski definition) is 1. The van der Waals surface area contributed by atoms with Gasteiger partial charge in [0.1, 0.15) is 11.5 Å². The van der Waals surface area contributed by atoms with Gasteiger partial charge in [0.2, 0.25) is 0 Å². The number of carbonyl (C=O) groups is 1. The molecule has 0 spiro atoms. The Bertz CT molecular complexity index is 728. The molecule has 1 atom stereocenters. The predicted molar refractivity (Wildman–Crippen MR) is 101 cm³/mol. The summed E-state index contributed by atoms with van der Waals surface area (Å²) in [7, 11) is 0. The lowest BCUT2D eigenvalue weighted by molar-refractivity contribution is -0.138. The van der Waals surface area contributed by atoms with Crippen LogP contribution in [0.1, 0.15) is 6.92 Å². The van der Waals surface area contributed by atoms with E-state index in [1.807, 2.05) is 41.3 Å². The van der Waals surface area contributed by atoms with Crippen LogP contribution < -0.4 is 9.64 Å². The number of piperazine rings is 1. The first-order valence-corrected chi connectivity index (χ1v) is 9.07. The minimum absolute atomic E-state index is 0.00141. The summed E-state index contributed by atoms with van der Waals surface area (Å²) in [5, 5.41) is 9.60. The molecule has 6 heteroatoms. The Hall–Kier alpha value is -2.21. The SMILES string of the molecule is CC(Oc1ccc(Br)cc1)C(=O)N1CCN(c2cccc(O)c2)CC1. The summed E-state index contributed by atoms with van der Waals surface area (Å²) in [5.41, 5.74) is 0.978. The van der Waals surface area contributed by atoms with Crippen LogP contribution in [0.15, 0.2) is 53.0 Å². The zero-order valence-corrected chi connectivity index (χ0v) is 15.6. The highest BCUT2D eigenvalue weighted by Crippen LogP contribution is 2.22. The molecule has 2 aromatic rings. The fourth-order valence-corrected chi connectivity index (χ4v) is 3.16. The van der Waals surface area contributed by atoms with Crippen molar-refractivity contribution in [3.8, 4) is 11.5 Å². The Morgan fingerprint density at radius 2 is 1.80 bits per heavy atom. The molecule has 2 aromatic carbocycles. The molecule has 0 saturated carbocycles. The Morgan fingerprint density at radius 3 is 2.44 bits per heavy atom. The summed E-state index contributed by atoms with van der Waals surface area (Å²) >= 11 is 3.38. The molecule has 1 aliphatic rings. The molecule has 1 aliphatic heterocycles. The van der Waals surface area contributed by atoms with Crippen LogP contribution in [0.3, 0.4) is 0 Å². The first kappa shape index (κ1) is 17.6. The second-order valence-electron chi connectivity index (χ2n) is 6.05. The highest BCUT2D eigenvalue weighted by atomic mass is 79.9. The molecule has 1 unspecified atom stereocenters. The number of phenolic OH excluding ortho intramolecular Hbond substituents is 1. The van der Waals surface area contributed by atoms with Crippen molar-refractivity contribution in [2.24, 2.45) is 0 Å². The van der Waals surface area contributed by atoms with E-state index in [1.165, 1.54) is 0 Å². The first-order chi connectivity index (χ1) is 12.0. The number of amides is 1. The number of benzene rings is 2. The molecule has 1 amide bonds. The van der Waals surface area contributed by atoms with E-state index < -0.39 is 6.10 Å². The lowest BCUT2D eigenvalue weighted by Gasteiger charge is -2.37. The van der Waals surface area contributed by atoms with Crippen LogP contribution in [0.5, 0.6) is 11.5 Å².